The number of rotatable bonds is 6. The van der Waals surface area contributed by atoms with Gasteiger partial charge < -0.3 is 10.1 Å². The summed E-state index contributed by atoms with van der Waals surface area (Å²) >= 11 is 7.18. The monoisotopic (exact) mass is 483 g/mol. The van der Waals surface area contributed by atoms with E-state index in [1.165, 1.54) is 23.8 Å². The molecule has 0 fully saturated rings. The van der Waals surface area contributed by atoms with E-state index in [1.807, 2.05) is 0 Å². The number of benzene rings is 3. The molecule has 1 N–H and O–H groups in total. The molecule has 1 heterocycles. The van der Waals surface area contributed by atoms with Crippen LogP contribution in [0.4, 0.5) is 10.1 Å². The smallest absolute Gasteiger partial charge is 0.266 e. The summed E-state index contributed by atoms with van der Waals surface area (Å²) in [5.41, 5.74) is 0.641. The molecule has 6 nitrogen and oxygen atoms in total. The first-order valence-electron chi connectivity index (χ1n) is 9.97. The van der Waals surface area contributed by atoms with Crippen molar-refractivity contribution in [2.75, 3.05) is 12.4 Å². The molecule has 3 aromatic carbocycles. The Balaban J connectivity index is 1.79. The van der Waals surface area contributed by atoms with Crippen LogP contribution >= 0.6 is 23.4 Å². The number of amides is 1. The van der Waals surface area contributed by atoms with Crippen LogP contribution in [-0.2, 0) is 4.79 Å². The molecule has 1 amide bonds. The number of methoxy groups -OCH3 is 1. The van der Waals surface area contributed by atoms with Gasteiger partial charge in [-0.15, -0.1) is 0 Å². The van der Waals surface area contributed by atoms with E-state index in [0.717, 1.165) is 11.8 Å². The van der Waals surface area contributed by atoms with E-state index in [9.17, 15) is 14.0 Å². The number of halogens is 2. The summed E-state index contributed by atoms with van der Waals surface area (Å²) in [6.07, 6.45) is 0. The maximum absolute atomic E-state index is 14.0. The minimum Gasteiger partial charge on any atom is -0.495 e. The summed E-state index contributed by atoms with van der Waals surface area (Å²) in [5, 5.41) is 2.96. The summed E-state index contributed by atoms with van der Waals surface area (Å²) in [4.78, 5) is 30.9. The van der Waals surface area contributed by atoms with Crippen molar-refractivity contribution in [3.8, 4) is 11.4 Å². The summed E-state index contributed by atoms with van der Waals surface area (Å²) in [6, 6.07) is 17.8. The van der Waals surface area contributed by atoms with E-state index in [2.05, 4.69) is 10.3 Å². The maximum atomic E-state index is 14.0. The largest absolute Gasteiger partial charge is 0.495 e. The Morgan fingerprint density at radius 1 is 1.15 bits per heavy atom. The molecule has 0 saturated carbocycles. The number of hydrogen-bond donors (Lipinski definition) is 1. The fourth-order valence-corrected chi connectivity index (χ4v) is 4.34. The first kappa shape index (κ1) is 22.8. The van der Waals surface area contributed by atoms with Gasteiger partial charge in [0.1, 0.15) is 11.6 Å². The van der Waals surface area contributed by atoms with Gasteiger partial charge in [-0.3, -0.25) is 14.2 Å². The molecule has 4 aromatic rings. The molecule has 9 heteroatoms. The minimum atomic E-state index is -0.700. The Labute approximate surface area is 198 Å². The molecule has 4 rings (SSSR count). The van der Waals surface area contributed by atoms with Gasteiger partial charge in [-0.05, 0) is 49.4 Å². The van der Waals surface area contributed by atoms with Crippen LogP contribution in [0, 0.1) is 5.82 Å². The molecular formula is C24H19ClFN3O3S. The average molecular weight is 484 g/mol. The standard InChI is InChI=1S/C24H19ClFN3O3S/c1-14(22(30)27-18-8-4-3-7-17(18)26)33-24-28-19-13-15(25)11-12-16(19)23(31)29(24)20-9-5-6-10-21(20)32-2/h3-14H,1-2H3,(H,27,30). The SMILES string of the molecule is COc1ccccc1-n1c(SC(C)C(=O)Nc2ccccc2F)nc2cc(Cl)ccc2c1=O. The van der Waals surface area contributed by atoms with Crippen molar-refractivity contribution in [1.82, 2.24) is 9.55 Å². The Morgan fingerprint density at radius 2 is 1.88 bits per heavy atom. The van der Waals surface area contributed by atoms with Gasteiger partial charge in [-0.25, -0.2) is 9.37 Å². The van der Waals surface area contributed by atoms with Crippen molar-refractivity contribution >= 4 is 45.9 Å². The van der Waals surface area contributed by atoms with Crippen molar-refractivity contribution in [1.29, 1.82) is 0 Å². The highest BCUT2D eigenvalue weighted by Crippen LogP contribution is 2.30. The topological polar surface area (TPSA) is 73.2 Å². The average Bonchev–Trinajstić information content (AvgIpc) is 2.80. The van der Waals surface area contributed by atoms with Crippen molar-refractivity contribution in [2.45, 2.75) is 17.3 Å². The second kappa shape index (κ2) is 9.64. The van der Waals surface area contributed by atoms with E-state index >= 15 is 0 Å². The number of para-hydroxylation sites is 3. The fraction of sp³-hybridized carbons (Fsp3) is 0.125. The quantitative estimate of drug-likeness (QED) is 0.297. The van der Waals surface area contributed by atoms with Crippen LogP contribution in [0.2, 0.25) is 5.02 Å². The van der Waals surface area contributed by atoms with E-state index < -0.39 is 17.0 Å². The Kier molecular flexibility index (Phi) is 6.67. The zero-order chi connectivity index (χ0) is 23.5. The number of fused-ring (bicyclic) bond motifs is 1. The third-order valence-corrected chi connectivity index (χ3v) is 6.20. The predicted octanol–water partition coefficient (Wildman–Crippen LogP) is 5.31. The highest BCUT2D eigenvalue weighted by atomic mass is 35.5. The van der Waals surface area contributed by atoms with E-state index in [1.54, 1.807) is 61.5 Å². The number of anilines is 1. The van der Waals surface area contributed by atoms with Crippen LogP contribution < -0.4 is 15.6 Å². The van der Waals surface area contributed by atoms with Gasteiger partial charge in [0.2, 0.25) is 5.91 Å². The molecule has 0 aliphatic heterocycles. The number of carbonyl (C=O) groups excluding carboxylic acids is 1. The lowest BCUT2D eigenvalue weighted by atomic mass is 10.2. The Hall–Kier alpha value is -3.36. The molecule has 0 spiro atoms. The first-order valence-corrected chi connectivity index (χ1v) is 11.2. The molecule has 0 aliphatic carbocycles. The minimum absolute atomic E-state index is 0.0790. The molecular weight excluding hydrogens is 465 g/mol. The third-order valence-electron chi connectivity index (χ3n) is 4.91. The van der Waals surface area contributed by atoms with Gasteiger partial charge >= 0.3 is 0 Å². The van der Waals surface area contributed by atoms with Crippen LogP contribution in [0.15, 0.2) is 76.7 Å². The van der Waals surface area contributed by atoms with Crippen molar-refractivity contribution in [3.63, 3.8) is 0 Å². The van der Waals surface area contributed by atoms with Crippen molar-refractivity contribution < 1.29 is 13.9 Å². The van der Waals surface area contributed by atoms with Gasteiger partial charge in [-0.2, -0.15) is 0 Å². The van der Waals surface area contributed by atoms with Gasteiger partial charge in [0.05, 0.1) is 34.6 Å². The summed E-state index contributed by atoms with van der Waals surface area (Å²) in [6.45, 7) is 1.65. The van der Waals surface area contributed by atoms with Gasteiger partial charge in [0.15, 0.2) is 5.16 Å². The van der Waals surface area contributed by atoms with Crippen LogP contribution in [0.3, 0.4) is 0 Å². The van der Waals surface area contributed by atoms with E-state index in [-0.39, 0.29) is 16.4 Å². The predicted molar refractivity (Wildman–Crippen MR) is 129 cm³/mol. The molecule has 1 aromatic heterocycles. The summed E-state index contributed by atoms with van der Waals surface area (Å²) in [7, 11) is 1.51. The zero-order valence-electron chi connectivity index (χ0n) is 17.7. The molecule has 0 radical (unpaired) electrons. The molecule has 0 aliphatic rings. The Morgan fingerprint density at radius 3 is 2.64 bits per heavy atom. The summed E-state index contributed by atoms with van der Waals surface area (Å²) < 4.78 is 20.8. The van der Waals surface area contributed by atoms with Crippen LogP contribution in [0.1, 0.15) is 6.92 Å². The van der Waals surface area contributed by atoms with Crippen molar-refractivity contribution in [3.05, 3.63) is 87.9 Å². The number of ether oxygens (including phenoxy) is 1. The fourth-order valence-electron chi connectivity index (χ4n) is 3.25. The molecule has 0 saturated heterocycles. The van der Waals surface area contributed by atoms with Crippen molar-refractivity contribution in [2.24, 2.45) is 0 Å². The lowest BCUT2D eigenvalue weighted by molar-refractivity contribution is -0.115. The Bertz CT molecular complexity index is 1410. The van der Waals surface area contributed by atoms with E-state index in [4.69, 9.17) is 16.3 Å². The number of nitrogens with zero attached hydrogens (tertiary/aromatic N) is 2. The molecule has 1 atom stereocenters. The van der Waals surface area contributed by atoms with Crippen LogP contribution in [-0.4, -0.2) is 27.8 Å². The van der Waals surface area contributed by atoms with Gasteiger partial charge in [0, 0.05) is 5.02 Å². The van der Waals surface area contributed by atoms with Crippen LogP contribution in [0.25, 0.3) is 16.6 Å². The highest BCUT2D eigenvalue weighted by Gasteiger charge is 2.22. The second-order valence-corrected chi connectivity index (χ2v) is 8.84. The van der Waals surface area contributed by atoms with E-state index in [0.29, 0.717) is 27.4 Å². The number of thioether (sulfide) groups is 1. The molecule has 33 heavy (non-hydrogen) atoms. The molecule has 168 valence electrons. The van der Waals surface area contributed by atoms with Gasteiger partial charge in [-0.1, -0.05) is 47.6 Å². The second-order valence-electron chi connectivity index (χ2n) is 7.10. The lowest BCUT2D eigenvalue weighted by Gasteiger charge is -2.18. The van der Waals surface area contributed by atoms with Gasteiger partial charge in [0.25, 0.3) is 5.56 Å². The van der Waals surface area contributed by atoms with Crippen LogP contribution in [0.5, 0.6) is 5.75 Å². The number of aromatic nitrogens is 2. The third kappa shape index (κ3) is 4.72. The maximum Gasteiger partial charge on any atom is 0.266 e. The first-order chi connectivity index (χ1) is 15.9. The zero-order valence-corrected chi connectivity index (χ0v) is 19.3. The summed E-state index contributed by atoms with van der Waals surface area (Å²) in [5.74, 6) is -0.496. The normalized spacial score (nSPS) is 11.9. The number of nitrogens with one attached hydrogen (secondary N) is 1. The number of hydrogen-bond acceptors (Lipinski definition) is 5. The molecule has 0 bridgehead atoms. The molecule has 1 unspecified atom stereocenters. The number of carbonyl (C=O) groups is 1. The highest BCUT2D eigenvalue weighted by molar-refractivity contribution is 8.00. The lowest BCUT2D eigenvalue weighted by Crippen LogP contribution is -2.26.